The van der Waals surface area contributed by atoms with E-state index in [1.54, 1.807) is 24.3 Å². The van der Waals surface area contributed by atoms with Gasteiger partial charge < -0.3 is 15.2 Å². The fourth-order valence-corrected chi connectivity index (χ4v) is 4.15. The minimum atomic E-state index is -3.96. The number of nitrogens with one attached hydrogen (secondary N) is 2. The lowest BCUT2D eigenvalue weighted by Gasteiger charge is -2.32. The summed E-state index contributed by atoms with van der Waals surface area (Å²) in [7, 11) is -3.96. The summed E-state index contributed by atoms with van der Waals surface area (Å²) in [5.74, 6) is 0.128. The van der Waals surface area contributed by atoms with E-state index >= 15 is 0 Å². The zero-order valence-corrected chi connectivity index (χ0v) is 15.5. The third kappa shape index (κ3) is 3.79. The maximum Gasteiger partial charge on any atom is 0.265 e. The SMILES string of the molecule is CCC1Oc2c(cc(Cl)cc2S(=O)(=O)Nc2ccc(Cl)cc2)NC1O. The van der Waals surface area contributed by atoms with Crippen molar-refractivity contribution in [2.24, 2.45) is 0 Å². The Bertz CT molecular complexity index is 888. The van der Waals surface area contributed by atoms with Crippen molar-refractivity contribution in [1.82, 2.24) is 0 Å². The van der Waals surface area contributed by atoms with Gasteiger partial charge in [-0.1, -0.05) is 30.1 Å². The van der Waals surface area contributed by atoms with Crippen LogP contribution < -0.4 is 14.8 Å². The van der Waals surface area contributed by atoms with Gasteiger partial charge in [0.05, 0.1) is 5.69 Å². The third-order valence-corrected chi connectivity index (χ3v) is 5.59. The Kier molecular flexibility index (Phi) is 5.02. The number of ether oxygens (including phenoxy) is 1. The molecule has 0 radical (unpaired) electrons. The molecule has 1 aliphatic heterocycles. The second-order valence-electron chi connectivity index (χ2n) is 5.55. The first-order chi connectivity index (χ1) is 11.8. The van der Waals surface area contributed by atoms with Crippen LogP contribution in [0.25, 0.3) is 0 Å². The standard InChI is InChI=1S/C16H16Cl2N2O4S/c1-2-13-16(21)19-12-7-10(18)8-14(15(12)24-13)25(22,23)20-11-5-3-9(17)4-6-11/h3-8,13,16,19-21H,2H2,1H3. The summed E-state index contributed by atoms with van der Waals surface area (Å²) in [6.07, 6.45) is -1.02. The highest BCUT2D eigenvalue weighted by molar-refractivity contribution is 7.92. The van der Waals surface area contributed by atoms with E-state index in [0.29, 0.717) is 22.8 Å². The molecule has 2 aromatic rings. The van der Waals surface area contributed by atoms with Crippen LogP contribution in [0, 0.1) is 0 Å². The summed E-state index contributed by atoms with van der Waals surface area (Å²) in [6.45, 7) is 1.83. The van der Waals surface area contributed by atoms with Crippen LogP contribution in [0.5, 0.6) is 5.75 Å². The van der Waals surface area contributed by atoms with Crippen molar-refractivity contribution in [2.45, 2.75) is 30.6 Å². The Morgan fingerprint density at radius 1 is 1.20 bits per heavy atom. The summed E-state index contributed by atoms with van der Waals surface area (Å²) in [6, 6.07) is 9.07. The normalized spacial score (nSPS) is 19.5. The van der Waals surface area contributed by atoms with Crippen LogP contribution in [0.15, 0.2) is 41.3 Å². The van der Waals surface area contributed by atoms with E-state index in [9.17, 15) is 13.5 Å². The first kappa shape index (κ1) is 18.1. The molecule has 0 saturated carbocycles. The summed E-state index contributed by atoms with van der Waals surface area (Å²) in [5, 5.41) is 13.5. The maximum absolute atomic E-state index is 12.8. The van der Waals surface area contributed by atoms with Gasteiger partial charge in [0, 0.05) is 15.7 Å². The number of fused-ring (bicyclic) bond motifs is 1. The van der Waals surface area contributed by atoms with E-state index in [0.717, 1.165) is 0 Å². The molecule has 0 bridgehead atoms. The van der Waals surface area contributed by atoms with Crippen LogP contribution in [-0.2, 0) is 10.0 Å². The molecular formula is C16H16Cl2N2O4S. The minimum absolute atomic E-state index is 0.109. The van der Waals surface area contributed by atoms with Crippen molar-refractivity contribution in [3.63, 3.8) is 0 Å². The van der Waals surface area contributed by atoms with Gasteiger partial charge >= 0.3 is 0 Å². The number of aliphatic hydroxyl groups excluding tert-OH is 1. The molecule has 1 aliphatic rings. The van der Waals surface area contributed by atoms with Crippen LogP contribution in [0.1, 0.15) is 13.3 Å². The maximum atomic E-state index is 12.8. The number of aliphatic hydroxyl groups is 1. The van der Waals surface area contributed by atoms with Crippen LogP contribution in [0.4, 0.5) is 11.4 Å². The summed E-state index contributed by atoms with van der Waals surface area (Å²) in [4.78, 5) is -0.109. The largest absolute Gasteiger partial charge is 0.482 e. The van der Waals surface area contributed by atoms with Crippen molar-refractivity contribution in [3.8, 4) is 5.75 Å². The summed E-state index contributed by atoms with van der Waals surface area (Å²) < 4.78 is 33.8. The average Bonchev–Trinajstić information content (AvgIpc) is 2.55. The average molecular weight is 403 g/mol. The second kappa shape index (κ2) is 6.92. The molecule has 3 N–H and O–H groups in total. The molecule has 6 nitrogen and oxygen atoms in total. The Labute approximate surface area is 155 Å². The number of hydrogen-bond acceptors (Lipinski definition) is 5. The van der Waals surface area contributed by atoms with E-state index in [1.165, 1.54) is 12.1 Å². The van der Waals surface area contributed by atoms with Gasteiger partial charge in [-0.15, -0.1) is 0 Å². The van der Waals surface area contributed by atoms with Crippen molar-refractivity contribution < 1.29 is 18.3 Å². The van der Waals surface area contributed by atoms with Gasteiger partial charge in [0.1, 0.15) is 11.0 Å². The monoisotopic (exact) mass is 402 g/mol. The zero-order chi connectivity index (χ0) is 18.2. The van der Waals surface area contributed by atoms with Crippen molar-refractivity contribution in [1.29, 1.82) is 0 Å². The molecule has 1 heterocycles. The Hall–Kier alpha value is -1.67. The molecule has 0 spiro atoms. The molecule has 0 aromatic heterocycles. The predicted octanol–water partition coefficient (Wildman–Crippen LogP) is 3.70. The van der Waals surface area contributed by atoms with Gasteiger partial charge in [-0.05, 0) is 42.8 Å². The Balaban J connectivity index is 2.03. The lowest BCUT2D eigenvalue weighted by molar-refractivity contribution is 0.0408. The van der Waals surface area contributed by atoms with Crippen LogP contribution >= 0.6 is 23.2 Å². The molecule has 0 fully saturated rings. The number of anilines is 2. The number of benzene rings is 2. The Morgan fingerprint density at radius 2 is 1.88 bits per heavy atom. The van der Waals surface area contributed by atoms with Gasteiger partial charge in [-0.2, -0.15) is 0 Å². The number of hydrogen-bond donors (Lipinski definition) is 3. The number of rotatable bonds is 4. The Morgan fingerprint density at radius 3 is 2.52 bits per heavy atom. The lowest BCUT2D eigenvalue weighted by Crippen LogP contribution is -2.41. The molecular weight excluding hydrogens is 387 g/mol. The molecule has 134 valence electrons. The highest BCUT2D eigenvalue weighted by Gasteiger charge is 2.32. The molecule has 2 aromatic carbocycles. The lowest BCUT2D eigenvalue weighted by atomic mass is 10.1. The summed E-state index contributed by atoms with van der Waals surface area (Å²) in [5.41, 5.74) is 0.676. The van der Waals surface area contributed by atoms with Crippen molar-refractivity contribution >= 4 is 44.6 Å². The van der Waals surface area contributed by atoms with Gasteiger partial charge in [0.15, 0.2) is 12.0 Å². The van der Waals surface area contributed by atoms with Gasteiger partial charge in [-0.25, -0.2) is 8.42 Å². The molecule has 0 amide bonds. The predicted molar refractivity (Wildman–Crippen MR) is 98.0 cm³/mol. The van der Waals surface area contributed by atoms with Crippen LogP contribution in [0.2, 0.25) is 10.0 Å². The smallest absolute Gasteiger partial charge is 0.265 e. The van der Waals surface area contributed by atoms with Crippen LogP contribution in [-0.4, -0.2) is 25.9 Å². The van der Waals surface area contributed by atoms with E-state index in [1.807, 2.05) is 6.92 Å². The topological polar surface area (TPSA) is 87.7 Å². The number of halogens is 2. The van der Waals surface area contributed by atoms with E-state index in [4.69, 9.17) is 27.9 Å². The fraction of sp³-hybridized carbons (Fsp3) is 0.250. The molecule has 0 saturated heterocycles. The molecule has 2 unspecified atom stereocenters. The quantitative estimate of drug-likeness (QED) is 0.725. The van der Waals surface area contributed by atoms with Gasteiger partial charge in [0.25, 0.3) is 10.0 Å². The van der Waals surface area contributed by atoms with E-state index in [-0.39, 0.29) is 15.7 Å². The number of sulfonamides is 1. The zero-order valence-electron chi connectivity index (χ0n) is 13.2. The van der Waals surface area contributed by atoms with E-state index in [2.05, 4.69) is 10.0 Å². The summed E-state index contributed by atoms with van der Waals surface area (Å²) >= 11 is 11.9. The van der Waals surface area contributed by atoms with E-state index < -0.39 is 22.4 Å². The van der Waals surface area contributed by atoms with Gasteiger partial charge in [-0.3, -0.25) is 4.72 Å². The first-order valence-electron chi connectivity index (χ1n) is 7.53. The third-order valence-electron chi connectivity index (χ3n) is 3.73. The van der Waals surface area contributed by atoms with Crippen molar-refractivity contribution in [3.05, 3.63) is 46.4 Å². The molecule has 25 heavy (non-hydrogen) atoms. The van der Waals surface area contributed by atoms with Crippen molar-refractivity contribution in [2.75, 3.05) is 10.0 Å². The highest BCUT2D eigenvalue weighted by atomic mass is 35.5. The molecule has 0 aliphatic carbocycles. The van der Waals surface area contributed by atoms with Crippen LogP contribution in [0.3, 0.4) is 0 Å². The molecule has 3 rings (SSSR count). The molecule has 9 heteroatoms. The first-order valence-corrected chi connectivity index (χ1v) is 9.77. The fourth-order valence-electron chi connectivity index (χ4n) is 2.50. The van der Waals surface area contributed by atoms with Gasteiger partial charge in [0.2, 0.25) is 0 Å². The molecule has 2 atom stereocenters. The highest BCUT2D eigenvalue weighted by Crippen LogP contribution is 2.40. The second-order valence-corrected chi connectivity index (χ2v) is 8.07. The minimum Gasteiger partial charge on any atom is -0.482 e.